The van der Waals surface area contributed by atoms with Crippen molar-refractivity contribution in [2.45, 2.75) is 13.1 Å². The van der Waals surface area contributed by atoms with Gasteiger partial charge in [-0.05, 0) is 24.6 Å². The fourth-order valence-corrected chi connectivity index (χ4v) is 2.19. The predicted octanol–water partition coefficient (Wildman–Crippen LogP) is 4.40. The molecule has 0 spiro atoms. The van der Waals surface area contributed by atoms with Crippen LogP contribution in [0.15, 0.2) is 41.1 Å². The molecule has 2 rings (SSSR count). The van der Waals surface area contributed by atoms with Crippen LogP contribution in [0.25, 0.3) is 0 Å². The molecule has 0 saturated heterocycles. The molecule has 104 valence electrons. The lowest BCUT2D eigenvalue weighted by molar-refractivity contribution is -0.137. The van der Waals surface area contributed by atoms with Crippen LogP contribution < -0.4 is 0 Å². The Kier molecular flexibility index (Phi) is 3.94. The van der Waals surface area contributed by atoms with Gasteiger partial charge in [-0.3, -0.25) is 9.78 Å². The molecule has 2 nitrogen and oxygen atoms in total. The van der Waals surface area contributed by atoms with Crippen molar-refractivity contribution in [2.24, 2.45) is 0 Å². The SMILES string of the molecule is Cc1c(Br)cccc1C(=O)c1cnccc1C(F)(F)F. The molecule has 0 N–H and O–H groups in total. The van der Waals surface area contributed by atoms with Gasteiger partial charge in [-0.1, -0.05) is 28.1 Å². The van der Waals surface area contributed by atoms with Gasteiger partial charge in [0, 0.05) is 22.4 Å². The van der Waals surface area contributed by atoms with Crippen LogP contribution in [-0.4, -0.2) is 10.8 Å². The smallest absolute Gasteiger partial charge is 0.289 e. The maximum absolute atomic E-state index is 12.9. The molecule has 6 heteroatoms. The Morgan fingerprint density at radius 2 is 1.90 bits per heavy atom. The van der Waals surface area contributed by atoms with Crippen LogP contribution in [0.4, 0.5) is 13.2 Å². The molecule has 0 bridgehead atoms. The van der Waals surface area contributed by atoms with Gasteiger partial charge in [-0.2, -0.15) is 13.2 Å². The predicted molar refractivity (Wildman–Crippen MR) is 71.6 cm³/mol. The second-order valence-corrected chi connectivity index (χ2v) is 5.01. The third kappa shape index (κ3) is 2.75. The number of halogens is 4. The third-order valence-electron chi connectivity index (χ3n) is 2.88. The minimum Gasteiger partial charge on any atom is -0.289 e. The molecule has 0 aliphatic rings. The number of ketones is 1. The second-order valence-electron chi connectivity index (χ2n) is 4.16. The minimum absolute atomic E-state index is 0.220. The normalized spacial score (nSPS) is 11.4. The molecule has 0 fully saturated rings. The van der Waals surface area contributed by atoms with Crippen molar-refractivity contribution in [1.29, 1.82) is 0 Å². The van der Waals surface area contributed by atoms with E-state index < -0.39 is 23.1 Å². The Morgan fingerprint density at radius 3 is 2.55 bits per heavy atom. The number of alkyl halides is 3. The lowest BCUT2D eigenvalue weighted by Gasteiger charge is -2.12. The average molecular weight is 344 g/mol. The van der Waals surface area contributed by atoms with E-state index in [-0.39, 0.29) is 5.56 Å². The van der Waals surface area contributed by atoms with Crippen molar-refractivity contribution < 1.29 is 18.0 Å². The summed E-state index contributed by atoms with van der Waals surface area (Å²) in [5, 5.41) is 0. The van der Waals surface area contributed by atoms with Gasteiger partial charge in [0.2, 0.25) is 0 Å². The molecular formula is C14H9BrF3NO. The highest BCUT2D eigenvalue weighted by Crippen LogP contribution is 2.33. The molecule has 1 aromatic carbocycles. The zero-order valence-corrected chi connectivity index (χ0v) is 11.9. The molecule has 0 aliphatic heterocycles. The van der Waals surface area contributed by atoms with Crippen molar-refractivity contribution in [1.82, 2.24) is 4.98 Å². The second kappa shape index (κ2) is 5.36. The molecule has 0 radical (unpaired) electrons. The third-order valence-corrected chi connectivity index (χ3v) is 3.74. The molecule has 0 unspecified atom stereocenters. The van der Waals surface area contributed by atoms with Crippen LogP contribution in [0, 0.1) is 6.92 Å². The summed E-state index contributed by atoms with van der Waals surface area (Å²) in [7, 11) is 0. The zero-order chi connectivity index (χ0) is 14.9. The van der Waals surface area contributed by atoms with E-state index in [1.165, 1.54) is 6.07 Å². The van der Waals surface area contributed by atoms with Crippen LogP contribution >= 0.6 is 15.9 Å². The van der Waals surface area contributed by atoms with Crippen molar-refractivity contribution in [3.05, 3.63) is 63.4 Å². The topological polar surface area (TPSA) is 30.0 Å². The van der Waals surface area contributed by atoms with Gasteiger partial charge in [0.25, 0.3) is 0 Å². The van der Waals surface area contributed by atoms with Gasteiger partial charge < -0.3 is 0 Å². The van der Waals surface area contributed by atoms with E-state index in [0.717, 1.165) is 18.5 Å². The van der Waals surface area contributed by atoms with Crippen molar-refractivity contribution in [2.75, 3.05) is 0 Å². The first-order valence-corrected chi connectivity index (χ1v) is 6.42. The summed E-state index contributed by atoms with van der Waals surface area (Å²) in [6.07, 6.45) is -2.62. The van der Waals surface area contributed by atoms with Gasteiger partial charge >= 0.3 is 6.18 Å². The van der Waals surface area contributed by atoms with E-state index in [2.05, 4.69) is 20.9 Å². The number of carbonyl (C=O) groups is 1. The number of hydrogen-bond donors (Lipinski definition) is 0. The highest BCUT2D eigenvalue weighted by atomic mass is 79.9. The Hall–Kier alpha value is -1.69. The Labute approximate surface area is 121 Å². The molecule has 1 aromatic heterocycles. The molecule has 1 heterocycles. The molecule has 0 amide bonds. The van der Waals surface area contributed by atoms with E-state index in [1.54, 1.807) is 19.1 Å². The van der Waals surface area contributed by atoms with E-state index in [9.17, 15) is 18.0 Å². The summed E-state index contributed by atoms with van der Waals surface area (Å²) in [5.74, 6) is -0.691. The molecule has 0 atom stereocenters. The van der Waals surface area contributed by atoms with Crippen LogP contribution in [0.3, 0.4) is 0 Å². The lowest BCUT2D eigenvalue weighted by atomic mass is 9.97. The summed E-state index contributed by atoms with van der Waals surface area (Å²) in [6.45, 7) is 1.67. The van der Waals surface area contributed by atoms with E-state index in [4.69, 9.17) is 0 Å². The zero-order valence-electron chi connectivity index (χ0n) is 10.3. The summed E-state index contributed by atoms with van der Waals surface area (Å²) >= 11 is 3.25. The Balaban J connectivity index is 2.58. The van der Waals surface area contributed by atoms with Crippen molar-refractivity contribution in [3.63, 3.8) is 0 Å². The number of hydrogen-bond acceptors (Lipinski definition) is 2. The fourth-order valence-electron chi connectivity index (χ4n) is 1.82. The van der Waals surface area contributed by atoms with Crippen LogP contribution in [0.2, 0.25) is 0 Å². The van der Waals surface area contributed by atoms with Crippen LogP contribution in [0.5, 0.6) is 0 Å². The molecule has 0 aliphatic carbocycles. The van der Waals surface area contributed by atoms with E-state index in [0.29, 0.717) is 10.0 Å². The number of rotatable bonds is 2. The van der Waals surface area contributed by atoms with Gasteiger partial charge in [-0.15, -0.1) is 0 Å². The summed E-state index contributed by atoms with van der Waals surface area (Å²) in [4.78, 5) is 16.0. The van der Waals surface area contributed by atoms with Gasteiger partial charge in [0.15, 0.2) is 5.78 Å². The van der Waals surface area contributed by atoms with Crippen LogP contribution in [-0.2, 0) is 6.18 Å². The molecular weight excluding hydrogens is 335 g/mol. The monoisotopic (exact) mass is 343 g/mol. The number of benzene rings is 1. The maximum Gasteiger partial charge on any atom is 0.417 e. The summed E-state index contributed by atoms with van der Waals surface area (Å²) in [5.41, 5.74) is -0.606. The first-order chi connectivity index (χ1) is 9.32. The first-order valence-electron chi connectivity index (χ1n) is 5.63. The minimum atomic E-state index is -4.59. The van der Waals surface area contributed by atoms with E-state index in [1.807, 2.05) is 0 Å². The number of aromatic nitrogens is 1. The average Bonchev–Trinajstić information content (AvgIpc) is 2.40. The van der Waals surface area contributed by atoms with Crippen molar-refractivity contribution >= 4 is 21.7 Å². The quantitative estimate of drug-likeness (QED) is 0.756. The first kappa shape index (κ1) is 14.7. The highest BCUT2D eigenvalue weighted by Gasteiger charge is 2.35. The number of nitrogens with zero attached hydrogens (tertiary/aromatic N) is 1. The summed E-state index contributed by atoms with van der Waals surface area (Å²) in [6, 6.07) is 5.63. The molecule has 0 saturated carbocycles. The van der Waals surface area contributed by atoms with Crippen molar-refractivity contribution in [3.8, 4) is 0 Å². The molecule has 20 heavy (non-hydrogen) atoms. The van der Waals surface area contributed by atoms with Gasteiger partial charge in [0.1, 0.15) is 0 Å². The van der Waals surface area contributed by atoms with E-state index >= 15 is 0 Å². The van der Waals surface area contributed by atoms with Gasteiger partial charge in [0.05, 0.1) is 11.1 Å². The lowest BCUT2D eigenvalue weighted by Crippen LogP contribution is -2.15. The number of carbonyl (C=O) groups excluding carboxylic acids is 1. The maximum atomic E-state index is 12.9. The fraction of sp³-hybridized carbons (Fsp3) is 0.143. The Bertz CT molecular complexity index is 668. The molecule has 2 aromatic rings. The van der Waals surface area contributed by atoms with Gasteiger partial charge in [-0.25, -0.2) is 0 Å². The Morgan fingerprint density at radius 1 is 1.20 bits per heavy atom. The number of pyridine rings is 1. The highest BCUT2D eigenvalue weighted by molar-refractivity contribution is 9.10. The van der Waals surface area contributed by atoms with Crippen LogP contribution in [0.1, 0.15) is 27.0 Å². The standard InChI is InChI=1S/C14H9BrF3NO/c1-8-9(3-2-4-12(8)15)13(20)10-7-19-6-5-11(10)14(16,17)18/h2-7H,1H3. The largest absolute Gasteiger partial charge is 0.417 e. The summed E-state index contributed by atoms with van der Waals surface area (Å²) < 4.78 is 39.4.